The minimum atomic E-state index is -4.78. The molecule has 9 heteroatoms. The number of halogens is 3. The fourth-order valence-electron chi connectivity index (χ4n) is 3.27. The Balaban J connectivity index is 1.88. The number of amides is 1. The fourth-order valence-corrected chi connectivity index (χ4v) is 3.27. The molecule has 1 aliphatic rings. The van der Waals surface area contributed by atoms with E-state index >= 15 is 0 Å². The Morgan fingerprint density at radius 3 is 2.44 bits per heavy atom. The molecule has 1 aliphatic carbocycles. The third-order valence-corrected chi connectivity index (χ3v) is 4.68. The number of carboxylic acid groups (broad SMARTS) is 1. The number of alkyl halides is 3. The van der Waals surface area contributed by atoms with E-state index in [2.05, 4.69) is 10.4 Å². The minimum Gasteiger partial charge on any atom is -0.481 e. The highest BCUT2D eigenvalue weighted by atomic mass is 19.4. The number of hydrogen-bond acceptors (Lipinski definition) is 3. The molecule has 27 heavy (non-hydrogen) atoms. The van der Waals surface area contributed by atoms with Crippen LogP contribution >= 0.6 is 0 Å². The van der Waals surface area contributed by atoms with E-state index in [-0.39, 0.29) is 12.1 Å². The molecule has 2 aromatic rings. The standard InChI is InChI=1S/C18H18F3N3O3/c1-10-2-6-13(7-3-10)24-15(18(19,20)21)14(9-22-24)16(25)23-12-5-4-11(8-12)17(26)27/h2-3,6-7,9,11-12H,4-5,8H2,1H3,(H,23,25)(H,26,27)/t11-,12+/m1/s1. The molecule has 1 aromatic carbocycles. The highest BCUT2D eigenvalue weighted by molar-refractivity contribution is 5.95. The highest BCUT2D eigenvalue weighted by Crippen LogP contribution is 2.34. The fraction of sp³-hybridized carbons (Fsp3) is 0.389. The first kappa shape index (κ1) is 18.9. The van der Waals surface area contributed by atoms with Crippen LogP contribution in [0.3, 0.4) is 0 Å². The maximum Gasteiger partial charge on any atom is 0.434 e. The second-order valence-corrected chi connectivity index (χ2v) is 6.67. The Kier molecular flexibility index (Phi) is 4.95. The average molecular weight is 381 g/mol. The Morgan fingerprint density at radius 2 is 1.89 bits per heavy atom. The summed E-state index contributed by atoms with van der Waals surface area (Å²) in [5, 5.41) is 15.3. The third kappa shape index (κ3) is 3.96. The number of nitrogens with zero attached hydrogens (tertiary/aromatic N) is 2. The van der Waals surface area contributed by atoms with E-state index in [0.29, 0.717) is 17.5 Å². The monoisotopic (exact) mass is 381 g/mol. The molecule has 0 radical (unpaired) electrons. The van der Waals surface area contributed by atoms with Crippen molar-refractivity contribution in [2.75, 3.05) is 0 Å². The van der Waals surface area contributed by atoms with Crippen LogP contribution in [-0.2, 0) is 11.0 Å². The van der Waals surface area contributed by atoms with Crippen LogP contribution in [0.2, 0.25) is 0 Å². The molecular weight excluding hydrogens is 363 g/mol. The predicted molar refractivity (Wildman–Crippen MR) is 89.5 cm³/mol. The van der Waals surface area contributed by atoms with Crippen LogP contribution in [0.15, 0.2) is 30.5 Å². The summed E-state index contributed by atoms with van der Waals surface area (Å²) < 4.78 is 41.6. The molecule has 0 unspecified atom stereocenters. The normalized spacial score (nSPS) is 19.9. The topological polar surface area (TPSA) is 84.2 Å². The Hall–Kier alpha value is -2.84. The number of aliphatic carboxylic acids is 1. The van der Waals surface area contributed by atoms with Crippen molar-refractivity contribution >= 4 is 11.9 Å². The zero-order valence-electron chi connectivity index (χ0n) is 14.5. The first-order valence-corrected chi connectivity index (χ1v) is 8.42. The molecule has 2 N–H and O–H groups in total. The smallest absolute Gasteiger partial charge is 0.434 e. The van der Waals surface area contributed by atoms with Gasteiger partial charge in [-0.1, -0.05) is 17.7 Å². The summed E-state index contributed by atoms with van der Waals surface area (Å²) in [4.78, 5) is 23.4. The van der Waals surface area contributed by atoms with Gasteiger partial charge in [0.2, 0.25) is 0 Å². The Labute approximate surface area is 153 Å². The van der Waals surface area contributed by atoms with Crippen LogP contribution in [0.25, 0.3) is 5.69 Å². The van der Waals surface area contributed by atoms with Crippen molar-refractivity contribution in [2.24, 2.45) is 5.92 Å². The van der Waals surface area contributed by atoms with E-state index in [1.165, 1.54) is 12.1 Å². The Morgan fingerprint density at radius 1 is 1.22 bits per heavy atom. The van der Waals surface area contributed by atoms with Crippen LogP contribution in [0.1, 0.15) is 40.9 Å². The van der Waals surface area contributed by atoms with Gasteiger partial charge in [0.1, 0.15) is 0 Å². The van der Waals surface area contributed by atoms with E-state index in [4.69, 9.17) is 5.11 Å². The van der Waals surface area contributed by atoms with Crippen molar-refractivity contribution < 1.29 is 27.9 Å². The maximum atomic E-state index is 13.6. The molecule has 1 amide bonds. The van der Waals surface area contributed by atoms with E-state index in [1.54, 1.807) is 12.1 Å². The lowest BCUT2D eigenvalue weighted by Gasteiger charge is -2.15. The summed E-state index contributed by atoms with van der Waals surface area (Å²) >= 11 is 0. The van der Waals surface area contributed by atoms with Crippen molar-refractivity contribution in [1.29, 1.82) is 0 Å². The van der Waals surface area contributed by atoms with Gasteiger partial charge in [-0.2, -0.15) is 18.3 Å². The van der Waals surface area contributed by atoms with Crippen LogP contribution < -0.4 is 5.32 Å². The number of carboxylic acids is 1. The lowest BCUT2D eigenvalue weighted by Crippen LogP contribution is -2.34. The van der Waals surface area contributed by atoms with Crippen LogP contribution in [-0.4, -0.2) is 32.8 Å². The van der Waals surface area contributed by atoms with E-state index < -0.39 is 41.3 Å². The number of nitrogens with one attached hydrogen (secondary N) is 1. The number of aryl methyl sites for hydroxylation is 1. The lowest BCUT2D eigenvalue weighted by atomic mass is 10.1. The summed E-state index contributed by atoms with van der Waals surface area (Å²) in [5.41, 5.74) is -0.663. The number of hydrogen-bond donors (Lipinski definition) is 2. The number of carbonyl (C=O) groups excluding carboxylic acids is 1. The molecule has 1 saturated carbocycles. The average Bonchev–Trinajstić information content (AvgIpc) is 3.22. The van der Waals surface area contributed by atoms with E-state index in [9.17, 15) is 22.8 Å². The first-order valence-electron chi connectivity index (χ1n) is 8.42. The predicted octanol–water partition coefficient (Wildman–Crippen LogP) is 3.18. The third-order valence-electron chi connectivity index (χ3n) is 4.68. The van der Waals surface area contributed by atoms with Gasteiger partial charge in [-0.25, -0.2) is 4.68 Å². The van der Waals surface area contributed by atoms with Crippen molar-refractivity contribution in [1.82, 2.24) is 15.1 Å². The largest absolute Gasteiger partial charge is 0.481 e. The van der Waals surface area contributed by atoms with E-state index in [1.807, 2.05) is 6.92 Å². The zero-order chi connectivity index (χ0) is 19.8. The molecule has 144 valence electrons. The summed E-state index contributed by atoms with van der Waals surface area (Å²) in [6.07, 6.45) is -2.89. The van der Waals surface area contributed by atoms with Gasteiger partial charge in [0.25, 0.3) is 5.91 Å². The van der Waals surface area contributed by atoms with Crippen molar-refractivity contribution in [2.45, 2.75) is 38.4 Å². The maximum absolute atomic E-state index is 13.6. The van der Waals surface area contributed by atoms with Crippen molar-refractivity contribution in [3.63, 3.8) is 0 Å². The van der Waals surface area contributed by atoms with Crippen LogP contribution in [0.5, 0.6) is 0 Å². The molecule has 1 aromatic heterocycles. The second kappa shape index (κ2) is 7.05. The minimum absolute atomic E-state index is 0.193. The summed E-state index contributed by atoms with van der Waals surface area (Å²) in [5.74, 6) is -2.46. The number of carbonyl (C=O) groups is 2. The van der Waals surface area contributed by atoms with Gasteiger partial charge in [0, 0.05) is 6.04 Å². The van der Waals surface area contributed by atoms with Gasteiger partial charge in [-0.05, 0) is 38.3 Å². The molecule has 0 bridgehead atoms. The number of rotatable bonds is 4. The van der Waals surface area contributed by atoms with Gasteiger partial charge in [0.05, 0.1) is 23.4 Å². The molecule has 6 nitrogen and oxygen atoms in total. The van der Waals surface area contributed by atoms with Crippen LogP contribution in [0.4, 0.5) is 13.2 Å². The summed E-state index contributed by atoms with van der Waals surface area (Å²) in [6.45, 7) is 1.81. The first-order chi connectivity index (χ1) is 12.7. The van der Waals surface area contributed by atoms with Gasteiger partial charge in [0.15, 0.2) is 5.69 Å². The number of benzene rings is 1. The molecule has 0 saturated heterocycles. The highest BCUT2D eigenvalue weighted by Gasteiger charge is 2.41. The Bertz CT molecular complexity index is 859. The second-order valence-electron chi connectivity index (χ2n) is 6.67. The van der Waals surface area contributed by atoms with E-state index in [0.717, 1.165) is 11.8 Å². The molecule has 3 rings (SSSR count). The molecule has 2 atom stereocenters. The molecular formula is C18H18F3N3O3. The van der Waals surface area contributed by atoms with Crippen LogP contribution in [0, 0.1) is 12.8 Å². The molecule has 1 fully saturated rings. The van der Waals surface area contributed by atoms with Gasteiger partial charge in [-0.15, -0.1) is 0 Å². The molecule has 1 heterocycles. The van der Waals surface area contributed by atoms with Crippen molar-refractivity contribution in [3.05, 3.63) is 47.3 Å². The molecule has 0 aliphatic heterocycles. The van der Waals surface area contributed by atoms with Gasteiger partial charge < -0.3 is 10.4 Å². The zero-order valence-corrected chi connectivity index (χ0v) is 14.5. The van der Waals surface area contributed by atoms with Crippen molar-refractivity contribution in [3.8, 4) is 5.69 Å². The summed E-state index contributed by atoms with van der Waals surface area (Å²) in [7, 11) is 0. The SMILES string of the molecule is Cc1ccc(-n2ncc(C(=O)N[C@H]3CC[C@@H](C(=O)O)C3)c2C(F)(F)F)cc1. The summed E-state index contributed by atoms with van der Waals surface area (Å²) in [6, 6.07) is 5.83. The van der Waals surface area contributed by atoms with Gasteiger partial charge >= 0.3 is 12.1 Å². The molecule has 0 spiro atoms. The quantitative estimate of drug-likeness (QED) is 0.852. The van der Waals surface area contributed by atoms with Gasteiger partial charge in [-0.3, -0.25) is 9.59 Å². The lowest BCUT2D eigenvalue weighted by molar-refractivity contribution is -0.143. The number of aromatic nitrogens is 2.